The second-order valence-corrected chi connectivity index (χ2v) is 4.58. The summed E-state index contributed by atoms with van der Waals surface area (Å²) in [6.07, 6.45) is 0.816. The van der Waals surface area contributed by atoms with Crippen molar-refractivity contribution in [2.24, 2.45) is 0 Å². The van der Waals surface area contributed by atoms with Crippen LogP contribution in [0.3, 0.4) is 0 Å². The van der Waals surface area contributed by atoms with E-state index in [0.717, 1.165) is 23.2 Å². The van der Waals surface area contributed by atoms with Gasteiger partial charge in [-0.25, -0.2) is 0 Å². The Hall–Kier alpha value is -2.09. The third-order valence-corrected chi connectivity index (χ3v) is 3.54. The molecule has 1 atom stereocenters. The number of carbonyl (C=O) groups excluding carboxylic acids is 1. The fraction of sp³-hybridized carbons (Fsp3) is 0.188. The number of carbonyl (C=O) groups is 1. The van der Waals surface area contributed by atoms with E-state index in [4.69, 9.17) is 0 Å². The maximum Gasteiger partial charge on any atom is 0.231 e. The smallest absolute Gasteiger partial charge is 0.231 e. The minimum absolute atomic E-state index is 0.0615. The van der Waals surface area contributed by atoms with Gasteiger partial charge in [0.05, 0.1) is 5.92 Å². The number of amides is 1. The van der Waals surface area contributed by atoms with E-state index in [2.05, 4.69) is 30.4 Å². The molecule has 90 valence electrons. The Morgan fingerprint density at radius 3 is 2.44 bits per heavy atom. The number of hydrogen-bond donors (Lipinski definition) is 1. The predicted molar refractivity (Wildman–Crippen MR) is 73.5 cm³/mol. The van der Waals surface area contributed by atoms with Gasteiger partial charge in [-0.2, -0.15) is 0 Å². The molecule has 0 aromatic heterocycles. The molecule has 0 radical (unpaired) electrons. The monoisotopic (exact) mass is 237 g/mol. The molecule has 0 spiro atoms. The van der Waals surface area contributed by atoms with Gasteiger partial charge in [0.1, 0.15) is 0 Å². The minimum Gasteiger partial charge on any atom is -0.325 e. The molecule has 0 saturated heterocycles. The van der Waals surface area contributed by atoms with Crippen molar-refractivity contribution in [1.29, 1.82) is 0 Å². The molecule has 0 saturated carbocycles. The highest BCUT2D eigenvalue weighted by molar-refractivity contribution is 6.03. The number of benzene rings is 2. The maximum atomic E-state index is 12.3. The van der Waals surface area contributed by atoms with Crippen molar-refractivity contribution in [1.82, 2.24) is 0 Å². The molecule has 1 amide bonds. The molecule has 2 heteroatoms. The Balaban J connectivity index is 2.29. The van der Waals surface area contributed by atoms with Crippen molar-refractivity contribution in [2.45, 2.75) is 19.3 Å². The Morgan fingerprint density at radius 1 is 1.00 bits per heavy atom. The van der Waals surface area contributed by atoms with E-state index in [9.17, 15) is 4.79 Å². The van der Waals surface area contributed by atoms with E-state index < -0.39 is 0 Å². The van der Waals surface area contributed by atoms with Crippen molar-refractivity contribution in [2.75, 3.05) is 5.32 Å². The first-order chi connectivity index (χ1) is 8.81. The number of anilines is 1. The van der Waals surface area contributed by atoms with E-state index in [1.165, 1.54) is 5.56 Å². The van der Waals surface area contributed by atoms with Crippen molar-refractivity contribution in [3.8, 4) is 11.1 Å². The fourth-order valence-corrected chi connectivity index (χ4v) is 2.64. The molecule has 1 aliphatic heterocycles. The molecule has 2 aromatic rings. The summed E-state index contributed by atoms with van der Waals surface area (Å²) in [5.74, 6) is 0.0310. The van der Waals surface area contributed by atoms with Gasteiger partial charge in [-0.05, 0) is 23.6 Å². The first kappa shape index (κ1) is 11.0. The first-order valence-corrected chi connectivity index (χ1v) is 6.30. The second-order valence-electron chi connectivity index (χ2n) is 4.58. The SMILES string of the molecule is CC[C@@H]1C(=O)Nc2ccccc2-c2ccccc21. The van der Waals surface area contributed by atoms with Crippen molar-refractivity contribution in [3.05, 3.63) is 54.1 Å². The van der Waals surface area contributed by atoms with Gasteiger partial charge in [0.15, 0.2) is 0 Å². The highest BCUT2D eigenvalue weighted by atomic mass is 16.1. The van der Waals surface area contributed by atoms with Crippen molar-refractivity contribution < 1.29 is 4.79 Å². The molecule has 1 aliphatic rings. The van der Waals surface area contributed by atoms with Gasteiger partial charge < -0.3 is 5.32 Å². The van der Waals surface area contributed by atoms with Crippen LogP contribution < -0.4 is 5.32 Å². The van der Waals surface area contributed by atoms with Gasteiger partial charge >= 0.3 is 0 Å². The summed E-state index contributed by atoms with van der Waals surface area (Å²) in [6, 6.07) is 16.2. The number of fused-ring (bicyclic) bond motifs is 3. The second kappa shape index (κ2) is 4.30. The first-order valence-electron chi connectivity index (χ1n) is 6.30. The molecular formula is C16H15NO. The highest BCUT2D eigenvalue weighted by Crippen LogP contribution is 2.38. The van der Waals surface area contributed by atoms with Gasteiger partial charge in [0.25, 0.3) is 0 Å². The summed E-state index contributed by atoms with van der Waals surface area (Å²) in [7, 11) is 0. The topological polar surface area (TPSA) is 29.1 Å². The lowest BCUT2D eigenvalue weighted by Crippen LogP contribution is -2.19. The standard InChI is InChI=1S/C16H15NO/c1-2-11-12-7-3-4-8-13(12)14-9-5-6-10-15(14)17-16(11)18/h3-11H,2H2,1H3,(H,17,18)/t11-/m0/s1. The lowest BCUT2D eigenvalue weighted by atomic mass is 9.90. The van der Waals surface area contributed by atoms with Crippen LogP contribution in [0.15, 0.2) is 48.5 Å². The number of nitrogens with one attached hydrogen (secondary N) is 1. The zero-order valence-corrected chi connectivity index (χ0v) is 10.3. The molecule has 0 bridgehead atoms. The molecule has 0 unspecified atom stereocenters. The molecular weight excluding hydrogens is 222 g/mol. The van der Waals surface area contributed by atoms with Crippen LogP contribution in [-0.4, -0.2) is 5.91 Å². The molecule has 1 heterocycles. The number of rotatable bonds is 1. The van der Waals surface area contributed by atoms with Crippen molar-refractivity contribution >= 4 is 11.6 Å². The number of para-hydroxylation sites is 1. The zero-order valence-electron chi connectivity index (χ0n) is 10.3. The molecule has 18 heavy (non-hydrogen) atoms. The van der Waals surface area contributed by atoms with Crippen LogP contribution in [0.5, 0.6) is 0 Å². The summed E-state index contributed by atoms with van der Waals surface area (Å²) in [4.78, 5) is 12.3. The van der Waals surface area contributed by atoms with Crippen LogP contribution in [0.25, 0.3) is 11.1 Å². The number of hydrogen-bond acceptors (Lipinski definition) is 1. The lowest BCUT2D eigenvalue weighted by Gasteiger charge is -2.13. The molecule has 0 aliphatic carbocycles. The quantitative estimate of drug-likeness (QED) is 0.803. The molecule has 2 nitrogen and oxygen atoms in total. The van der Waals surface area contributed by atoms with Gasteiger partial charge in [-0.15, -0.1) is 0 Å². The van der Waals surface area contributed by atoms with Crippen LogP contribution >= 0.6 is 0 Å². The van der Waals surface area contributed by atoms with E-state index >= 15 is 0 Å². The summed E-state index contributed by atoms with van der Waals surface area (Å²) in [5, 5.41) is 3.03. The average Bonchev–Trinajstić information content (AvgIpc) is 2.52. The summed E-state index contributed by atoms with van der Waals surface area (Å²) in [5.41, 5.74) is 4.31. The molecule has 0 fully saturated rings. The van der Waals surface area contributed by atoms with Gasteiger partial charge in [-0.1, -0.05) is 49.4 Å². The van der Waals surface area contributed by atoms with Gasteiger partial charge in [0.2, 0.25) is 5.91 Å². The Bertz CT molecular complexity index is 604. The third kappa shape index (κ3) is 1.61. The van der Waals surface area contributed by atoms with E-state index in [1.54, 1.807) is 0 Å². The zero-order chi connectivity index (χ0) is 12.5. The van der Waals surface area contributed by atoms with Crippen LogP contribution in [0.1, 0.15) is 24.8 Å². The van der Waals surface area contributed by atoms with E-state index in [1.807, 2.05) is 30.3 Å². The fourth-order valence-electron chi connectivity index (χ4n) is 2.64. The average molecular weight is 237 g/mol. The van der Waals surface area contributed by atoms with Crippen molar-refractivity contribution in [3.63, 3.8) is 0 Å². The molecule has 1 N–H and O–H groups in total. The third-order valence-electron chi connectivity index (χ3n) is 3.54. The Morgan fingerprint density at radius 2 is 1.67 bits per heavy atom. The normalized spacial score (nSPS) is 17.4. The Kier molecular flexibility index (Phi) is 2.63. The van der Waals surface area contributed by atoms with Gasteiger partial charge in [-0.3, -0.25) is 4.79 Å². The highest BCUT2D eigenvalue weighted by Gasteiger charge is 2.26. The lowest BCUT2D eigenvalue weighted by molar-refractivity contribution is -0.117. The largest absolute Gasteiger partial charge is 0.325 e. The van der Waals surface area contributed by atoms with Gasteiger partial charge in [0, 0.05) is 11.3 Å². The molecule has 2 aromatic carbocycles. The summed E-state index contributed by atoms with van der Waals surface area (Å²) in [6.45, 7) is 2.05. The van der Waals surface area contributed by atoms with Crippen LogP contribution in [0.4, 0.5) is 5.69 Å². The maximum absolute atomic E-state index is 12.3. The minimum atomic E-state index is -0.0615. The summed E-state index contributed by atoms with van der Waals surface area (Å²) < 4.78 is 0. The van der Waals surface area contributed by atoms with E-state index in [0.29, 0.717) is 0 Å². The van der Waals surface area contributed by atoms with Crippen LogP contribution in [-0.2, 0) is 4.79 Å². The molecule has 3 rings (SSSR count). The van der Waals surface area contributed by atoms with Crippen LogP contribution in [0, 0.1) is 0 Å². The predicted octanol–water partition coefficient (Wildman–Crippen LogP) is 3.80. The Labute approximate surface area is 107 Å². The van der Waals surface area contributed by atoms with E-state index in [-0.39, 0.29) is 11.8 Å². The van der Waals surface area contributed by atoms with Crippen LogP contribution in [0.2, 0.25) is 0 Å². The summed E-state index contributed by atoms with van der Waals surface area (Å²) >= 11 is 0.